The average Bonchev–Trinajstić information content (AvgIpc) is 2.74. The van der Waals surface area contributed by atoms with Crippen LogP contribution >= 0.6 is 27.5 Å². The Bertz CT molecular complexity index is 771. The van der Waals surface area contributed by atoms with Gasteiger partial charge in [-0.15, -0.1) is 0 Å². The zero-order valence-corrected chi connectivity index (χ0v) is 13.5. The van der Waals surface area contributed by atoms with Gasteiger partial charge in [0, 0.05) is 26.2 Å². The lowest BCUT2D eigenvalue weighted by molar-refractivity contribution is -0.110. The van der Waals surface area contributed by atoms with Gasteiger partial charge in [0.25, 0.3) is 5.91 Å². The molecule has 1 N–H and O–H groups in total. The monoisotopic (exact) mass is 363 g/mol. The molecule has 0 fully saturated rings. The van der Waals surface area contributed by atoms with E-state index in [-0.39, 0.29) is 5.91 Å². The molecule has 2 aromatic carbocycles. The number of fused-ring (bicyclic) bond motifs is 1. The normalized spacial score (nSPS) is 15.0. The lowest BCUT2D eigenvalue weighted by atomic mass is 10.0. The first-order valence-electron chi connectivity index (χ1n) is 6.25. The first-order valence-corrected chi connectivity index (χ1v) is 7.42. The fourth-order valence-corrected chi connectivity index (χ4v) is 2.83. The molecule has 3 nitrogen and oxygen atoms in total. The maximum Gasteiger partial charge on any atom is 0.256 e. The molecule has 1 aliphatic heterocycles. The Labute approximate surface area is 135 Å². The van der Waals surface area contributed by atoms with Gasteiger partial charge < -0.3 is 10.1 Å². The van der Waals surface area contributed by atoms with Crippen LogP contribution in [-0.4, -0.2) is 13.0 Å². The predicted octanol–water partition coefficient (Wildman–Crippen LogP) is 4.60. The maximum atomic E-state index is 12.2. The summed E-state index contributed by atoms with van der Waals surface area (Å²) in [5.41, 5.74) is 3.00. The number of hydrogen-bond acceptors (Lipinski definition) is 2. The third-order valence-corrected chi connectivity index (χ3v) is 3.98. The van der Waals surface area contributed by atoms with Gasteiger partial charge in [-0.1, -0.05) is 33.6 Å². The van der Waals surface area contributed by atoms with Crippen LogP contribution in [0.2, 0.25) is 5.02 Å². The lowest BCUT2D eigenvalue weighted by Crippen LogP contribution is -2.03. The summed E-state index contributed by atoms with van der Waals surface area (Å²) in [5.74, 6) is 0.565. The molecule has 3 rings (SSSR count). The molecule has 0 unspecified atom stereocenters. The van der Waals surface area contributed by atoms with Crippen LogP contribution in [0.3, 0.4) is 0 Å². The Morgan fingerprint density at radius 3 is 2.81 bits per heavy atom. The maximum absolute atomic E-state index is 12.2. The van der Waals surface area contributed by atoms with Crippen LogP contribution in [0.15, 0.2) is 40.9 Å². The molecular weight excluding hydrogens is 354 g/mol. The van der Waals surface area contributed by atoms with Crippen LogP contribution < -0.4 is 10.1 Å². The van der Waals surface area contributed by atoms with Crippen molar-refractivity contribution in [3.05, 3.63) is 57.0 Å². The Morgan fingerprint density at radius 1 is 1.24 bits per heavy atom. The van der Waals surface area contributed by atoms with Gasteiger partial charge in [-0.25, -0.2) is 0 Å². The van der Waals surface area contributed by atoms with Crippen LogP contribution in [0.25, 0.3) is 11.6 Å². The van der Waals surface area contributed by atoms with Crippen molar-refractivity contribution in [1.29, 1.82) is 0 Å². The predicted molar refractivity (Wildman–Crippen MR) is 88.6 cm³/mol. The topological polar surface area (TPSA) is 38.3 Å². The minimum absolute atomic E-state index is 0.144. The molecule has 0 aromatic heterocycles. The Morgan fingerprint density at radius 2 is 2.05 bits per heavy atom. The third kappa shape index (κ3) is 2.69. The Hall–Kier alpha value is -1.78. The van der Waals surface area contributed by atoms with Crippen molar-refractivity contribution in [2.24, 2.45) is 0 Å². The molecule has 0 saturated carbocycles. The van der Waals surface area contributed by atoms with Crippen molar-refractivity contribution in [3.63, 3.8) is 0 Å². The minimum atomic E-state index is -0.144. The summed E-state index contributed by atoms with van der Waals surface area (Å²) in [6.07, 6.45) is 1.82. The fraction of sp³-hybridized carbons (Fsp3) is 0.0625. The van der Waals surface area contributed by atoms with Gasteiger partial charge in [0.05, 0.1) is 12.8 Å². The van der Waals surface area contributed by atoms with Gasteiger partial charge in [0.15, 0.2) is 0 Å². The van der Waals surface area contributed by atoms with Crippen molar-refractivity contribution in [2.45, 2.75) is 0 Å². The third-order valence-electron chi connectivity index (χ3n) is 3.26. The molecule has 106 valence electrons. The molecular formula is C16H11BrClNO2. The molecule has 1 aliphatic rings. The van der Waals surface area contributed by atoms with Crippen molar-refractivity contribution in [1.82, 2.24) is 0 Å². The highest BCUT2D eigenvalue weighted by atomic mass is 79.9. The van der Waals surface area contributed by atoms with E-state index in [2.05, 4.69) is 21.2 Å². The fourth-order valence-electron chi connectivity index (χ4n) is 2.28. The summed E-state index contributed by atoms with van der Waals surface area (Å²) in [7, 11) is 1.60. The van der Waals surface area contributed by atoms with Gasteiger partial charge in [0.1, 0.15) is 5.75 Å². The van der Waals surface area contributed by atoms with E-state index < -0.39 is 0 Å². The van der Waals surface area contributed by atoms with Gasteiger partial charge in [0.2, 0.25) is 0 Å². The van der Waals surface area contributed by atoms with Crippen molar-refractivity contribution in [3.8, 4) is 5.75 Å². The van der Waals surface area contributed by atoms with Gasteiger partial charge >= 0.3 is 0 Å². The zero-order chi connectivity index (χ0) is 15.0. The molecule has 0 atom stereocenters. The molecule has 5 heteroatoms. The standard InChI is InChI=1S/C16H11BrClNO2/c1-21-15-5-2-10(17)6-9(15)7-13-12-4-3-11(18)8-14(12)19-16(13)20/h2-8H,1H3,(H,19,20). The van der Waals surface area contributed by atoms with E-state index in [0.29, 0.717) is 16.3 Å². The van der Waals surface area contributed by atoms with Crippen LogP contribution in [-0.2, 0) is 4.79 Å². The Balaban J connectivity index is 2.13. The number of ether oxygens (including phenoxy) is 1. The van der Waals surface area contributed by atoms with Crippen LogP contribution in [0, 0.1) is 0 Å². The summed E-state index contributed by atoms with van der Waals surface area (Å²) in [6.45, 7) is 0. The zero-order valence-electron chi connectivity index (χ0n) is 11.1. The van der Waals surface area contributed by atoms with E-state index in [9.17, 15) is 4.79 Å². The van der Waals surface area contributed by atoms with Gasteiger partial charge in [-0.05, 0) is 36.4 Å². The number of carbonyl (C=O) groups is 1. The first kappa shape index (κ1) is 14.2. The molecule has 21 heavy (non-hydrogen) atoms. The largest absolute Gasteiger partial charge is 0.496 e. The SMILES string of the molecule is COc1ccc(Br)cc1C=C1C(=O)Nc2cc(Cl)ccc21. The number of carbonyl (C=O) groups excluding carboxylic acids is 1. The van der Waals surface area contributed by atoms with Crippen molar-refractivity contribution in [2.75, 3.05) is 12.4 Å². The minimum Gasteiger partial charge on any atom is -0.496 e. The number of nitrogens with one attached hydrogen (secondary N) is 1. The van der Waals surface area contributed by atoms with Crippen LogP contribution in [0.4, 0.5) is 5.69 Å². The number of methoxy groups -OCH3 is 1. The van der Waals surface area contributed by atoms with E-state index in [4.69, 9.17) is 16.3 Å². The second kappa shape index (κ2) is 5.54. The first-order chi connectivity index (χ1) is 10.1. The highest BCUT2D eigenvalue weighted by Gasteiger charge is 2.24. The second-order valence-electron chi connectivity index (χ2n) is 4.59. The number of anilines is 1. The smallest absolute Gasteiger partial charge is 0.256 e. The molecule has 0 radical (unpaired) electrons. The average molecular weight is 365 g/mol. The van der Waals surface area contributed by atoms with Gasteiger partial charge in [-0.2, -0.15) is 0 Å². The summed E-state index contributed by atoms with van der Waals surface area (Å²) in [5, 5.41) is 3.41. The highest BCUT2D eigenvalue weighted by Crippen LogP contribution is 2.36. The molecule has 0 bridgehead atoms. The van der Waals surface area contributed by atoms with Crippen molar-refractivity contribution < 1.29 is 9.53 Å². The molecule has 0 aliphatic carbocycles. The van der Waals surface area contributed by atoms with E-state index in [0.717, 1.165) is 21.3 Å². The molecule has 0 saturated heterocycles. The highest BCUT2D eigenvalue weighted by molar-refractivity contribution is 9.10. The van der Waals surface area contributed by atoms with E-state index >= 15 is 0 Å². The molecule has 0 spiro atoms. The quantitative estimate of drug-likeness (QED) is 0.791. The van der Waals surface area contributed by atoms with E-state index in [1.54, 1.807) is 19.2 Å². The molecule has 2 aromatic rings. The number of hydrogen-bond donors (Lipinski definition) is 1. The van der Waals surface area contributed by atoms with E-state index in [1.165, 1.54) is 0 Å². The number of benzene rings is 2. The van der Waals surface area contributed by atoms with Crippen LogP contribution in [0.1, 0.15) is 11.1 Å². The molecule has 1 amide bonds. The Kier molecular flexibility index (Phi) is 3.74. The van der Waals surface area contributed by atoms with Crippen molar-refractivity contribution >= 4 is 50.8 Å². The second-order valence-corrected chi connectivity index (χ2v) is 5.94. The summed E-state index contributed by atoms with van der Waals surface area (Å²) < 4.78 is 6.26. The molecule has 1 heterocycles. The number of halogens is 2. The number of rotatable bonds is 2. The summed E-state index contributed by atoms with van der Waals surface area (Å²) in [4.78, 5) is 12.2. The van der Waals surface area contributed by atoms with Crippen LogP contribution in [0.5, 0.6) is 5.75 Å². The number of amides is 1. The summed E-state index contributed by atoms with van der Waals surface area (Å²) in [6, 6.07) is 11.0. The lowest BCUT2D eigenvalue weighted by Gasteiger charge is -2.06. The van der Waals surface area contributed by atoms with E-state index in [1.807, 2.05) is 30.3 Å². The summed E-state index contributed by atoms with van der Waals surface area (Å²) >= 11 is 9.38. The van der Waals surface area contributed by atoms with Gasteiger partial charge in [-0.3, -0.25) is 4.79 Å².